The van der Waals surface area contributed by atoms with Gasteiger partial charge in [0.2, 0.25) is 0 Å². The summed E-state index contributed by atoms with van der Waals surface area (Å²) in [7, 11) is 1.88. The third kappa shape index (κ3) is 3.49. The fourth-order valence-corrected chi connectivity index (χ4v) is 2.35. The van der Waals surface area contributed by atoms with E-state index in [4.69, 9.17) is 9.47 Å². The van der Waals surface area contributed by atoms with Crippen LogP contribution < -0.4 is 10.1 Å². The van der Waals surface area contributed by atoms with Gasteiger partial charge in [0.1, 0.15) is 5.75 Å². The molecule has 1 aromatic carbocycles. The molecule has 1 amide bonds. The number of morpholine rings is 1. The number of ether oxygens (including phenoxy) is 2. The van der Waals surface area contributed by atoms with Crippen LogP contribution in [0.4, 0.5) is 0 Å². The molecule has 2 rings (SSSR count). The van der Waals surface area contributed by atoms with Gasteiger partial charge in [0.05, 0.1) is 24.9 Å². The minimum atomic E-state index is 0.0125. The molecule has 0 bridgehead atoms. The van der Waals surface area contributed by atoms with Crippen molar-refractivity contribution in [1.29, 1.82) is 0 Å². The van der Waals surface area contributed by atoms with Crippen LogP contribution in [0.2, 0.25) is 0 Å². The minimum Gasteiger partial charge on any atom is -0.493 e. The van der Waals surface area contributed by atoms with E-state index in [-0.39, 0.29) is 12.0 Å². The molecule has 1 N–H and O–H groups in total. The van der Waals surface area contributed by atoms with E-state index in [0.717, 1.165) is 6.54 Å². The molecule has 110 valence electrons. The number of nitrogens with zero attached hydrogens (tertiary/aromatic N) is 1. The van der Waals surface area contributed by atoms with Crippen molar-refractivity contribution in [2.75, 3.05) is 39.9 Å². The molecule has 1 heterocycles. The van der Waals surface area contributed by atoms with Crippen molar-refractivity contribution in [3.05, 3.63) is 29.8 Å². The Bertz CT molecular complexity index is 448. The number of amides is 1. The molecule has 5 heteroatoms. The van der Waals surface area contributed by atoms with Crippen LogP contribution >= 0.6 is 0 Å². The van der Waals surface area contributed by atoms with Crippen LogP contribution in [-0.2, 0) is 4.74 Å². The first-order valence-electron chi connectivity index (χ1n) is 7.03. The third-order valence-electron chi connectivity index (χ3n) is 3.28. The van der Waals surface area contributed by atoms with E-state index < -0.39 is 0 Å². The summed E-state index contributed by atoms with van der Waals surface area (Å²) in [6.07, 6.45) is 0.0527. The highest BCUT2D eigenvalue weighted by molar-refractivity contribution is 5.97. The summed E-state index contributed by atoms with van der Waals surface area (Å²) in [5.41, 5.74) is 0.624. The number of rotatable bonds is 5. The number of para-hydroxylation sites is 1. The van der Waals surface area contributed by atoms with Crippen LogP contribution in [0, 0.1) is 0 Å². The smallest absolute Gasteiger partial charge is 0.257 e. The molecule has 0 saturated carbocycles. The molecular formula is C15H22N2O3. The van der Waals surface area contributed by atoms with E-state index in [0.29, 0.717) is 37.6 Å². The lowest BCUT2D eigenvalue weighted by atomic mass is 10.1. The van der Waals surface area contributed by atoms with Crippen LogP contribution in [0.25, 0.3) is 0 Å². The van der Waals surface area contributed by atoms with Crippen LogP contribution in [-0.4, -0.2) is 56.8 Å². The van der Waals surface area contributed by atoms with Crippen LogP contribution in [0.3, 0.4) is 0 Å². The van der Waals surface area contributed by atoms with Gasteiger partial charge in [0.25, 0.3) is 5.91 Å². The molecule has 1 aliphatic rings. The highest BCUT2D eigenvalue weighted by Crippen LogP contribution is 2.21. The fourth-order valence-electron chi connectivity index (χ4n) is 2.35. The minimum absolute atomic E-state index is 0.0125. The average molecular weight is 278 g/mol. The Kier molecular flexibility index (Phi) is 5.38. The zero-order valence-corrected chi connectivity index (χ0v) is 12.1. The number of hydrogen-bond donors (Lipinski definition) is 1. The Balaban J connectivity index is 2.10. The van der Waals surface area contributed by atoms with Crippen molar-refractivity contribution in [1.82, 2.24) is 10.2 Å². The fraction of sp³-hybridized carbons (Fsp3) is 0.533. The SMILES string of the molecule is CCOc1ccccc1C(=O)N1CCOC(CNC)C1. The summed E-state index contributed by atoms with van der Waals surface area (Å²) in [5.74, 6) is 0.662. The first-order chi connectivity index (χ1) is 9.76. The zero-order chi connectivity index (χ0) is 14.4. The standard InChI is InChI=1S/C15H22N2O3/c1-3-19-14-7-5-4-6-13(14)15(18)17-8-9-20-12(11-17)10-16-2/h4-7,12,16H,3,8-11H2,1-2H3. The largest absolute Gasteiger partial charge is 0.493 e. The molecule has 1 saturated heterocycles. The second kappa shape index (κ2) is 7.26. The highest BCUT2D eigenvalue weighted by Gasteiger charge is 2.26. The highest BCUT2D eigenvalue weighted by atomic mass is 16.5. The van der Waals surface area contributed by atoms with Crippen molar-refractivity contribution >= 4 is 5.91 Å². The summed E-state index contributed by atoms with van der Waals surface area (Å²) in [5, 5.41) is 3.08. The molecule has 1 aromatic rings. The number of carbonyl (C=O) groups is 1. The summed E-state index contributed by atoms with van der Waals surface area (Å²) in [4.78, 5) is 14.5. The summed E-state index contributed by atoms with van der Waals surface area (Å²) < 4.78 is 11.2. The molecule has 0 aromatic heterocycles. The van der Waals surface area contributed by atoms with Gasteiger partial charge in [-0.25, -0.2) is 0 Å². The zero-order valence-electron chi connectivity index (χ0n) is 12.1. The van der Waals surface area contributed by atoms with Gasteiger partial charge < -0.3 is 19.7 Å². The van der Waals surface area contributed by atoms with Crippen LogP contribution in [0.1, 0.15) is 17.3 Å². The van der Waals surface area contributed by atoms with Gasteiger partial charge in [-0.15, -0.1) is 0 Å². The van der Waals surface area contributed by atoms with E-state index in [9.17, 15) is 4.79 Å². The Morgan fingerprint density at radius 3 is 3.05 bits per heavy atom. The van der Waals surface area contributed by atoms with Gasteiger partial charge >= 0.3 is 0 Å². The molecule has 5 nitrogen and oxygen atoms in total. The molecule has 1 fully saturated rings. The lowest BCUT2D eigenvalue weighted by molar-refractivity contribution is -0.0197. The van der Waals surface area contributed by atoms with Crippen molar-refractivity contribution < 1.29 is 14.3 Å². The van der Waals surface area contributed by atoms with Gasteiger partial charge in [0, 0.05) is 19.6 Å². The van der Waals surface area contributed by atoms with Crippen molar-refractivity contribution in [3.63, 3.8) is 0 Å². The van der Waals surface area contributed by atoms with Gasteiger partial charge in [-0.05, 0) is 26.1 Å². The van der Waals surface area contributed by atoms with Crippen LogP contribution in [0.5, 0.6) is 5.75 Å². The van der Waals surface area contributed by atoms with Crippen molar-refractivity contribution in [2.24, 2.45) is 0 Å². The Labute approximate surface area is 119 Å². The average Bonchev–Trinajstić information content (AvgIpc) is 2.48. The summed E-state index contributed by atoms with van der Waals surface area (Å²) >= 11 is 0. The third-order valence-corrected chi connectivity index (χ3v) is 3.28. The molecule has 1 unspecified atom stereocenters. The molecule has 1 atom stereocenters. The van der Waals surface area contributed by atoms with Crippen molar-refractivity contribution in [2.45, 2.75) is 13.0 Å². The second-order valence-electron chi connectivity index (χ2n) is 4.73. The predicted octanol–water partition coefficient (Wildman–Crippen LogP) is 1.15. The number of carbonyl (C=O) groups excluding carboxylic acids is 1. The molecule has 1 aliphatic heterocycles. The Morgan fingerprint density at radius 1 is 1.50 bits per heavy atom. The van der Waals surface area contributed by atoms with Gasteiger partial charge in [-0.3, -0.25) is 4.79 Å². The maximum atomic E-state index is 12.6. The molecule has 20 heavy (non-hydrogen) atoms. The monoisotopic (exact) mass is 278 g/mol. The van der Waals surface area contributed by atoms with Crippen molar-refractivity contribution in [3.8, 4) is 5.75 Å². The Morgan fingerprint density at radius 2 is 2.30 bits per heavy atom. The second-order valence-corrected chi connectivity index (χ2v) is 4.73. The first kappa shape index (κ1) is 14.8. The lowest BCUT2D eigenvalue weighted by Gasteiger charge is -2.33. The predicted molar refractivity (Wildman–Crippen MR) is 77.2 cm³/mol. The Hall–Kier alpha value is -1.59. The summed E-state index contributed by atoms with van der Waals surface area (Å²) in [6.45, 7) is 5.03. The number of nitrogens with one attached hydrogen (secondary N) is 1. The van der Waals surface area contributed by atoms with E-state index >= 15 is 0 Å². The lowest BCUT2D eigenvalue weighted by Crippen LogP contribution is -2.48. The van der Waals surface area contributed by atoms with Crippen LogP contribution in [0.15, 0.2) is 24.3 Å². The first-order valence-corrected chi connectivity index (χ1v) is 7.03. The number of likely N-dealkylation sites (N-methyl/N-ethyl adjacent to an activating group) is 1. The summed E-state index contributed by atoms with van der Waals surface area (Å²) in [6, 6.07) is 7.39. The maximum Gasteiger partial charge on any atom is 0.257 e. The topological polar surface area (TPSA) is 50.8 Å². The van der Waals surface area contributed by atoms with Gasteiger partial charge in [-0.2, -0.15) is 0 Å². The maximum absolute atomic E-state index is 12.6. The quantitative estimate of drug-likeness (QED) is 0.877. The van der Waals surface area contributed by atoms with Gasteiger partial charge in [0.15, 0.2) is 0 Å². The van der Waals surface area contributed by atoms with E-state index in [1.54, 1.807) is 0 Å². The number of benzene rings is 1. The van der Waals surface area contributed by atoms with Gasteiger partial charge in [-0.1, -0.05) is 12.1 Å². The molecule has 0 aliphatic carbocycles. The van der Waals surface area contributed by atoms with E-state index in [2.05, 4.69) is 5.32 Å². The normalized spacial score (nSPS) is 18.9. The molecular weight excluding hydrogens is 256 g/mol. The van der Waals surface area contributed by atoms with E-state index in [1.165, 1.54) is 0 Å². The molecule has 0 radical (unpaired) electrons. The molecule has 0 spiro atoms. The number of hydrogen-bond acceptors (Lipinski definition) is 4. The van der Waals surface area contributed by atoms with E-state index in [1.807, 2.05) is 43.1 Å².